The summed E-state index contributed by atoms with van der Waals surface area (Å²) < 4.78 is 0. The molecule has 25 heavy (non-hydrogen) atoms. The zero-order valence-electron chi connectivity index (χ0n) is 14.5. The molecule has 0 atom stereocenters. The molecular formula is C22H22ClNS. The van der Waals surface area contributed by atoms with Crippen molar-refractivity contribution in [3.63, 3.8) is 0 Å². The molecule has 3 heteroatoms. The summed E-state index contributed by atoms with van der Waals surface area (Å²) >= 11 is 7.97. The van der Waals surface area contributed by atoms with Crippen molar-refractivity contribution in [3.8, 4) is 10.4 Å². The minimum atomic E-state index is 0.792. The molecule has 1 aliphatic rings. The summed E-state index contributed by atoms with van der Waals surface area (Å²) in [6.45, 7) is 4.50. The van der Waals surface area contributed by atoms with Crippen LogP contribution in [0.5, 0.6) is 0 Å². The van der Waals surface area contributed by atoms with E-state index < -0.39 is 0 Å². The van der Waals surface area contributed by atoms with Gasteiger partial charge in [-0.05, 0) is 49.1 Å². The van der Waals surface area contributed by atoms with E-state index in [0.29, 0.717) is 0 Å². The van der Waals surface area contributed by atoms with Gasteiger partial charge in [0.2, 0.25) is 0 Å². The van der Waals surface area contributed by atoms with Crippen LogP contribution in [0.2, 0.25) is 5.02 Å². The summed E-state index contributed by atoms with van der Waals surface area (Å²) in [6.07, 6.45) is 3.61. The molecule has 0 aliphatic carbocycles. The van der Waals surface area contributed by atoms with Crippen LogP contribution in [0.15, 0.2) is 54.6 Å². The summed E-state index contributed by atoms with van der Waals surface area (Å²) in [4.78, 5) is 5.36. The third-order valence-electron chi connectivity index (χ3n) is 4.85. The lowest BCUT2D eigenvalue weighted by Crippen LogP contribution is -2.18. The quantitative estimate of drug-likeness (QED) is 0.504. The van der Waals surface area contributed by atoms with Gasteiger partial charge in [-0.15, -0.1) is 11.3 Å². The highest BCUT2D eigenvalue weighted by atomic mass is 35.5. The Morgan fingerprint density at radius 2 is 1.64 bits per heavy atom. The van der Waals surface area contributed by atoms with E-state index in [1.807, 2.05) is 23.5 Å². The maximum Gasteiger partial charge on any atom is 0.0517 e. The van der Waals surface area contributed by atoms with Crippen LogP contribution in [0.1, 0.15) is 28.8 Å². The van der Waals surface area contributed by atoms with Gasteiger partial charge < -0.3 is 4.90 Å². The molecule has 0 unspecified atom stereocenters. The van der Waals surface area contributed by atoms with Gasteiger partial charge in [-0.1, -0.05) is 53.6 Å². The van der Waals surface area contributed by atoms with Crippen LogP contribution in [0.3, 0.4) is 0 Å². The van der Waals surface area contributed by atoms with E-state index in [2.05, 4.69) is 54.3 Å². The molecule has 0 radical (unpaired) electrons. The van der Waals surface area contributed by atoms with E-state index in [9.17, 15) is 0 Å². The van der Waals surface area contributed by atoms with Crippen molar-refractivity contribution in [2.75, 3.05) is 18.0 Å². The Labute approximate surface area is 158 Å². The Kier molecular flexibility index (Phi) is 4.82. The van der Waals surface area contributed by atoms with Crippen molar-refractivity contribution in [3.05, 3.63) is 75.6 Å². The molecule has 3 aromatic rings. The second-order valence-electron chi connectivity index (χ2n) is 6.78. The van der Waals surface area contributed by atoms with Crippen LogP contribution in [0.4, 0.5) is 5.69 Å². The third kappa shape index (κ3) is 3.75. The fourth-order valence-corrected chi connectivity index (χ4v) is 4.77. The molecule has 1 fully saturated rings. The summed E-state index contributed by atoms with van der Waals surface area (Å²) in [5.41, 5.74) is 5.38. The van der Waals surface area contributed by atoms with Crippen molar-refractivity contribution in [1.82, 2.24) is 0 Å². The highest BCUT2D eigenvalue weighted by Gasteiger charge is 2.19. The first-order valence-corrected chi connectivity index (χ1v) is 10.1. The van der Waals surface area contributed by atoms with E-state index >= 15 is 0 Å². The molecule has 0 bridgehead atoms. The maximum atomic E-state index is 6.05. The largest absolute Gasteiger partial charge is 0.371 e. The van der Waals surface area contributed by atoms with Crippen molar-refractivity contribution in [1.29, 1.82) is 0 Å². The van der Waals surface area contributed by atoms with E-state index in [-0.39, 0.29) is 0 Å². The van der Waals surface area contributed by atoms with Gasteiger partial charge in [-0.25, -0.2) is 0 Å². The molecule has 0 saturated carbocycles. The molecule has 0 amide bonds. The zero-order chi connectivity index (χ0) is 17.2. The molecule has 1 nitrogen and oxygen atoms in total. The van der Waals surface area contributed by atoms with Gasteiger partial charge in [-0.3, -0.25) is 0 Å². The van der Waals surface area contributed by atoms with Crippen LogP contribution in [-0.4, -0.2) is 13.1 Å². The predicted octanol–water partition coefficient (Wildman–Crippen LogP) is 6.57. The average molecular weight is 368 g/mol. The summed E-state index contributed by atoms with van der Waals surface area (Å²) in [6, 6.07) is 19.5. The van der Waals surface area contributed by atoms with Crippen LogP contribution < -0.4 is 4.90 Å². The summed E-state index contributed by atoms with van der Waals surface area (Å²) in [5, 5.41) is 0.792. The van der Waals surface area contributed by atoms with Gasteiger partial charge in [0.05, 0.1) is 5.69 Å². The summed E-state index contributed by atoms with van der Waals surface area (Å²) in [7, 11) is 0. The normalized spacial score (nSPS) is 14.2. The minimum absolute atomic E-state index is 0.792. The highest BCUT2D eigenvalue weighted by molar-refractivity contribution is 7.16. The van der Waals surface area contributed by atoms with Crippen molar-refractivity contribution in [2.24, 2.45) is 0 Å². The lowest BCUT2D eigenvalue weighted by atomic mass is 10.1. The SMILES string of the molecule is Cc1ccc(Cc2sc(-c3ccc(Cl)cc3)cc2N2CCCC2)cc1. The number of benzene rings is 2. The van der Waals surface area contributed by atoms with Crippen molar-refractivity contribution >= 4 is 28.6 Å². The Bertz CT molecular complexity index is 843. The van der Waals surface area contributed by atoms with Gasteiger partial charge in [0.1, 0.15) is 0 Å². The third-order valence-corrected chi connectivity index (χ3v) is 6.27. The minimum Gasteiger partial charge on any atom is -0.371 e. The fraction of sp³-hybridized carbons (Fsp3) is 0.273. The molecule has 1 aliphatic heterocycles. The number of hydrogen-bond donors (Lipinski definition) is 0. The molecule has 2 aromatic carbocycles. The number of aryl methyl sites for hydroxylation is 1. The Morgan fingerprint density at radius 3 is 2.32 bits per heavy atom. The van der Waals surface area contributed by atoms with Crippen LogP contribution >= 0.6 is 22.9 Å². The van der Waals surface area contributed by atoms with Gasteiger partial charge in [0.15, 0.2) is 0 Å². The number of halogens is 1. The lowest BCUT2D eigenvalue weighted by Gasteiger charge is -2.18. The summed E-state index contributed by atoms with van der Waals surface area (Å²) in [5.74, 6) is 0. The second kappa shape index (κ2) is 7.23. The topological polar surface area (TPSA) is 3.24 Å². The van der Waals surface area contributed by atoms with Crippen LogP contribution in [0.25, 0.3) is 10.4 Å². The number of hydrogen-bond acceptors (Lipinski definition) is 2. The Morgan fingerprint density at radius 1 is 0.960 bits per heavy atom. The Balaban J connectivity index is 1.70. The average Bonchev–Trinajstić information content (AvgIpc) is 3.27. The number of nitrogens with zero attached hydrogens (tertiary/aromatic N) is 1. The smallest absolute Gasteiger partial charge is 0.0517 e. The number of anilines is 1. The van der Waals surface area contributed by atoms with Gasteiger partial charge in [-0.2, -0.15) is 0 Å². The first-order valence-electron chi connectivity index (χ1n) is 8.88. The lowest BCUT2D eigenvalue weighted by molar-refractivity contribution is 0.949. The molecule has 1 saturated heterocycles. The van der Waals surface area contributed by atoms with E-state index in [4.69, 9.17) is 11.6 Å². The zero-order valence-corrected chi connectivity index (χ0v) is 16.0. The second-order valence-corrected chi connectivity index (χ2v) is 8.36. The van der Waals surface area contributed by atoms with Crippen molar-refractivity contribution in [2.45, 2.75) is 26.2 Å². The number of rotatable bonds is 4. The molecule has 0 spiro atoms. The first-order chi connectivity index (χ1) is 12.2. The predicted molar refractivity (Wildman–Crippen MR) is 110 cm³/mol. The fourth-order valence-electron chi connectivity index (χ4n) is 3.42. The molecular weight excluding hydrogens is 346 g/mol. The molecule has 0 N–H and O–H groups in total. The van der Waals surface area contributed by atoms with E-state index in [0.717, 1.165) is 11.4 Å². The monoisotopic (exact) mass is 367 g/mol. The van der Waals surface area contributed by atoms with Gasteiger partial charge >= 0.3 is 0 Å². The maximum absolute atomic E-state index is 6.05. The van der Waals surface area contributed by atoms with Crippen LogP contribution in [-0.2, 0) is 6.42 Å². The molecule has 2 heterocycles. The molecule has 4 rings (SSSR count). The molecule has 1 aromatic heterocycles. The molecule has 128 valence electrons. The van der Waals surface area contributed by atoms with Gasteiger partial charge in [0.25, 0.3) is 0 Å². The number of thiophene rings is 1. The standard InChI is InChI=1S/C22H22ClNS/c1-16-4-6-17(7-5-16)14-22-20(24-12-2-3-13-24)15-21(25-22)18-8-10-19(23)11-9-18/h4-11,15H,2-3,12-14H2,1H3. The van der Waals surface area contributed by atoms with Crippen LogP contribution in [0, 0.1) is 6.92 Å². The highest BCUT2D eigenvalue weighted by Crippen LogP contribution is 2.39. The van der Waals surface area contributed by atoms with Crippen molar-refractivity contribution < 1.29 is 0 Å². The van der Waals surface area contributed by atoms with E-state index in [1.165, 1.54) is 58.1 Å². The van der Waals surface area contributed by atoms with E-state index in [1.54, 1.807) is 0 Å². The Hall–Kier alpha value is -1.77. The van der Waals surface area contributed by atoms with Gasteiger partial charge in [0, 0.05) is 34.3 Å². The first kappa shape index (κ1) is 16.7.